The van der Waals surface area contributed by atoms with Crippen LogP contribution in [0.4, 0.5) is 0 Å². The highest BCUT2D eigenvalue weighted by Gasteiger charge is 2.26. The van der Waals surface area contributed by atoms with Crippen LogP contribution in [0, 0.1) is 13.8 Å². The second kappa shape index (κ2) is 6.89. The molecule has 1 unspecified atom stereocenters. The van der Waals surface area contributed by atoms with E-state index in [2.05, 4.69) is 15.4 Å². The van der Waals surface area contributed by atoms with E-state index in [1.54, 1.807) is 31.5 Å². The van der Waals surface area contributed by atoms with Crippen molar-refractivity contribution < 1.29 is 19.1 Å². The second-order valence-corrected chi connectivity index (χ2v) is 7.17. The molecule has 0 bridgehead atoms. The van der Waals surface area contributed by atoms with E-state index in [0.29, 0.717) is 16.6 Å². The predicted molar refractivity (Wildman–Crippen MR) is 107 cm³/mol. The predicted octanol–water partition coefficient (Wildman–Crippen LogP) is 3.93. The number of nitrogens with zero attached hydrogens (tertiary/aromatic N) is 3. The molecule has 3 aromatic heterocycles. The number of carbonyl (C=O) groups is 2. The van der Waals surface area contributed by atoms with Gasteiger partial charge >= 0.3 is 5.97 Å². The van der Waals surface area contributed by atoms with Crippen molar-refractivity contribution in [3.05, 3.63) is 63.8 Å². The fraction of sp³-hybridized carbons (Fsp3) is 0.200. The van der Waals surface area contributed by atoms with Crippen LogP contribution in [0.2, 0.25) is 5.02 Å². The van der Waals surface area contributed by atoms with Gasteiger partial charge in [-0.3, -0.25) is 4.79 Å². The van der Waals surface area contributed by atoms with Crippen LogP contribution in [-0.4, -0.2) is 31.6 Å². The molecule has 8 nitrogen and oxygen atoms in total. The Hall–Kier alpha value is -3.39. The molecule has 0 fully saturated rings. The lowest BCUT2D eigenvalue weighted by Gasteiger charge is -2.11. The number of halogens is 1. The standard InChI is InChI=1S/C20H17ClN4O4/c1-9-7-12(20(27)28)17-14(10(9)2)15(21)16(29-17)11(3)24-19(26)13-8-23-25-6-4-5-22-18(13)25/h4-8,11H,1-3H3,(H,24,26)(H,27,28). The summed E-state index contributed by atoms with van der Waals surface area (Å²) in [5, 5.41) is 17.3. The molecule has 4 rings (SSSR count). The van der Waals surface area contributed by atoms with E-state index >= 15 is 0 Å². The zero-order valence-corrected chi connectivity index (χ0v) is 16.6. The lowest BCUT2D eigenvalue weighted by atomic mass is 10.0. The summed E-state index contributed by atoms with van der Waals surface area (Å²) >= 11 is 6.54. The third-order valence-corrected chi connectivity index (χ3v) is 5.32. The summed E-state index contributed by atoms with van der Waals surface area (Å²) in [7, 11) is 0. The van der Waals surface area contributed by atoms with Crippen LogP contribution >= 0.6 is 11.6 Å². The van der Waals surface area contributed by atoms with Crippen LogP contribution in [0.15, 0.2) is 35.1 Å². The van der Waals surface area contributed by atoms with Crippen molar-refractivity contribution in [1.29, 1.82) is 0 Å². The molecule has 2 N–H and O–H groups in total. The van der Waals surface area contributed by atoms with Crippen molar-refractivity contribution in [3.8, 4) is 0 Å². The quantitative estimate of drug-likeness (QED) is 0.525. The molecule has 3 heterocycles. The number of aromatic carboxylic acids is 1. The second-order valence-electron chi connectivity index (χ2n) is 6.80. The lowest BCUT2D eigenvalue weighted by Crippen LogP contribution is -2.26. The number of hydrogen-bond acceptors (Lipinski definition) is 5. The SMILES string of the molecule is Cc1cc(C(=O)O)c2oc(C(C)NC(=O)c3cnn4cccnc34)c(Cl)c2c1C. The van der Waals surface area contributed by atoms with E-state index in [4.69, 9.17) is 16.0 Å². The van der Waals surface area contributed by atoms with E-state index < -0.39 is 17.9 Å². The number of aryl methyl sites for hydroxylation is 2. The zero-order valence-electron chi connectivity index (χ0n) is 15.9. The molecule has 0 radical (unpaired) electrons. The molecule has 0 saturated carbocycles. The fourth-order valence-corrected chi connectivity index (χ4v) is 3.74. The van der Waals surface area contributed by atoms with Gasteiger partial charge < -0.3 is 14.8 Å². The van der Waals surface area contributed by atoms with Crippen molar-refractivity contribution in [2.45, 2.75) is 26.8 Å². The van der Waals surface area contributed by atoms with Crippen molar-refractivity contribution in [2.24, 2.45) is 0 Å². The number of nitrogens with one attached hydrogen (secondary N) is 1. The summed E-state index contributed by atoms with van der Waals surface area (Å²) in [4.78, 5) is 28.6. The first-order chi connectivity index (χ1) is 13.8. The first-order valence-corrected chi connectivity index (χ1v) is 9.22. The molecule has 29 heavy (non-hydrogen) atoms. The summed E-state index contributed by atoms with van der Waals surface area (Å²) in [6.45, 7) is 5.37. The molecular formula is C20H17ClN4O4. The molecule has 0 spiro atoms. The van der Waals surface area contributed by atoms with Crippen molar-refractivity contribution in [1.82, 2.24) is 19.9 Å². The number of carboxylic acids is 1. The Kier molecular flexibility index (Phi) is 4.50. The van der Waals surface area contributed by atoms with Gasteiger partial charge in [-0.2, -0.15) is 5.10 Å². The number of carboxylic acid groups (broad SMARTS) is 1. The molecule has 0 aliphatic carbocycles. The molecule has 1 aromatic carbocycles. The average Bonchev–Trinajstić information content (AvgIpc) is 3.26. The van der Waals surface area contributed by atoms with Gasteiger partial charge in [0.1, 0.15) is 16.9 Å². The Morgan fingerprint density at radius 2 is 2.07 bits per heavy atom. The van der Waals surface area contributed by atoms with Gasteiger partial charge in [0, 0.05) is 17.8 Å². The molecule has 4 aromatic rings. The molecule has 0 saturated heterocycles. The Morgan fingerprint density at radius 3 is 2.79 bits per heavy atom. The fourth-order valence-electron chi connectivity index (χ4n) is 3.31. The van der Waals surface area contributed by atoms with Crippen LogP contribution < -0.4 is 5.32 Å². The van der Waals surface area contributed by atoms with Gasteiger partial charge in [0.05, 0.1) is 17.3 Å². The Bertz CT molecular complexity index is 1290. The minimum Gasteiger partial charge on any atom is -0.478 e. The van der Waals surface area contributed by atoms with Crippen LogP contribution in [0.25, 0.3) is 16.6 Å². The monoisotopic (exact) mass is 412 g/mol. The highest BCUT2D eigenvalue weighted by Crippen LogP contribution is 2.39. The topological polar surface area (TPSA) is 110 Å². The van der Waals surface area contributed by atoms with Gasteiger partial charge in [-0.15, -0.1) is 0 Å². The van der Waals surface area contributed by atoms with Crippen molar-refractivity contribution in [2.75, 3.05) is 0 Å². The first kappa shape index (κ1) is 18.9. The summed E-state index contributed by atoms with van der Waals surface area (Å²) in [5.41, 5.74) is 2.57. The summed E-state index contributed by atoms with van der Waals surface area (Å²) < 4.78 is 7.33. The van der Waals surface area contributed by atoms with E-state index in [1.807, 2.05) is 13.8 Å². The summed E-state index contributed by atoms with van der Waals surface area (Å²) in [6.07, 6.45) is 4.70. The van der Waals surface area contributed by atoms with E-state index in [0.717, 1.165) is 11.1 Å². The minimum atomic E-state index is -1.11. The molecule has 0 aliphatic heterocycles. The van der Waals surface area contributed by atoms with Crippen LogP contribution in [0.5, 0.6) is 0 Å². The van der Waals surface area contributed by atoms with Crippen LogP contribution in [-0.2, 0) is 0 Å². The maximum atomic E-state index is 12.7. The average molecular weight is 413 g/mol. The van der Waals surface area contributed by atoms with E-state index in [9.17, 15) is 14.7 Å². The Morgan fingerprint density at radius 1 is 1.31 bits per heavy atom. The smallest absolute Gasteiger partial charge is 0.339 e. The molecule has 1 atom stereocenters. The van der Waals surface area contributed by atoms with Crippen molar-refractivity contribution >= 4 is 40.1 Å². The molecule has 0 aliphatic rings. The molecule has 148 valence electrons. The lowest BCUT2D eigenvalue weighted by molar-refractivity contribution is 0.0697. The number of hydrogen-bond donors (Lipinski definition) is 2. The third-order valence-electron chi connectivity index (χ3n) is 4.94. The minimum absolute atomic E-state index is 0.0293. The molecule has 1 amide bonds. The highest BCUT2D eigenvalue weighted by molar-refractivity contribution is 6.37. The number of rotatable bonds is 4. The number of benzene rings is 1. The number of aromatic nitrogens is 3. The third kappa shape index (κ3) is 3.01. The van der Waals surface area contributed by atoms with Gasteiger partial charge in [-0.25, -0.2) is 14.3 Å². The maximum Gasteiger partial charge on any atom is 0.339 e. The van der Waals surface area contributed by atoms with Crippen LogP contribution in [0.1, 0.15) is 50.6 Å². The van der Waals surface area contributed by atoms with Crippen LogP contribution in [0.3, 0.4) is 0 Å². The number of furan rings is 1. The molecule has 9 heteroatoms. The Labute approximate surface area is 170 Å². The number of amides is 1. The van der Waals surface area contributed by atoms with E-state index in [1.165, 1.54) is 10.7 Å². The summed E-state index contributed by atoms with van der Waals surface area (Å²) in [6, 6.07) is 2.66. The summed E-state index contributed by atoms with van der Waals surface area (Å²) in [5.74, 6) is -1.21. The van der Waals surface area contributed by atoms with E-state index in [-0.39, 0.29) is 21.9 Å². The highest BCUT2D eigenvalue weighted by atomic mass is 35.5. The van der Waals surface area contributed by atoms with Gasteiger partial charge in [-0.1, -0.05) is 11.6 Å². The number of carbonyl (C=O) groups excluding carboxylic acids is 1. The Balaban J connectivity index is 1.74. The maximum absolute atomic E-state index is 12.7. The van der Waals surface area contributed by atoms with Gasteiger partial charge in [0.2, 0.25) is 0 Å². The van der Waals surface area contributed by atoms with Gasteiger partial charge in [0.25, 0.3) is 5.91 Å². The normalized spacial score (nSPS) is 12.4. The number of fused-ring (bicyclic) bond motifs is 2. The first-order valence-electron chi connectivity index (χ1n) is 8.84. The largest absolute Gasteiger partial charge is 0.478 e. The van der Waals surface area contributed by atoms with Gasteiger partial charge in [-0.05, 0) is 44.0 Å². The molecular weight excluding hydrogens is 396 g/mol. The zero-order chi connectivity index (χ0) is 20.9. The van der Waals surface area contributed by atoms with Gasteiger partial charge in [0.15, 0.2) is 11.2 Å². The van der Waals surface area contributed by atoms with Crippen molar-refractivity contribution in [3.63, 3.8) is 0 Å².